The molecule has 0 radical (unpaired) electrons. The number of carbonyl (C=O) groups excluding carboxylic acids is 1. The second-order valence-corrected chi connectivity index (χ2v) is 6.19. The van der Waals surface area contributed by atoms with Crippen LogP contribution in [0.4, 0.5) is 9.52 Å². The Morgan fingerprint density at radius 3 is 2.60 bits per heavy atom. The summed E-state index contributed by atoms with van der Waals surface area (Å²) in [6.45, 7) is 1.79. The highest BCUT2D eigenvalue weighted by atomic mass is 32.1. The zero-order valence-electron chi connectivity index (χ0n) is 13.5. The molecule has 2 aromatic carbocycles. The van der Waals surface area contributed by atoms with E-state index < -0.39 is 11.9 Å². The Hall–Kier alpha value is -2.80. The van der Waals surface area contributed by atoms with Crippen molar-refractivity contribution in [3.05, 3.63) is 60.4 Å². The smallest absolute Gasteiger partial charge is 0.267 e. The molecule has 1 amide bonds. The normalized spacial score (nSPS) is 11.8. The van der Waals surface area contributed by atoms with Crippen molar-refractivity contribution < 1.29 is 13.9 Å². The van der Waals surface area contributed by atoms with Crippen LogP contribution in [0.15, 0.2) is 54.6 Å². The topological polar surface area (TPSA) is 64.1 Å². The van der Waals surface area contributed by atoms with Crippen LogP contribution >= 0.6 is 11.3 Å². The Morgan fingerprint density at radius 1 is 1.16 bits per heavy atom. The Balaban J connectivity index is 1.68. The second kappa shape index (κ2) is 7.85. The van der Waals surface area contributed by atoms with Crippen LogP contribution in [0.2, 0.25) is 0 Å². The highest BCUT2D eigenvalue weighted by Crippen LogP contribution is 2.26. The number of amides is 1. The van der Waals surface area contributed by atoms with Gasteiger partial charge in [-0.1, -0.05) is 60.7 Å². The molecular weight excluding hydrogens is 341 g/mol. The molecule has 0 spiro atoms. The fourth-order valence-electron chi connectivity index (χ4n) is 2.17. The van der Waals surface area contributed by atoms with Gasteiger partial charge < -0.3 is 4.74 Å². The van der Waals surface area contributed by atoms with Crippen molar-refractivity contribution >= 4 is 22.4 Å². The molecule has 0 bridgehead atoms. The largest absolute Gasteiger partial charge is 0.478 e. The van der Waals surface area contributed by atoms with Gasteiger partial charge in [-0.3, -0.25) is 10.1 Å². The van der Waals surface area contributed by atoms with E-state index in [1.807, 2.05) is 30.3 Å². The van der Waals surface area contributed by atoms with Gasteiger partial charge in [0, 0.05) is 5.56 Å². The van der Waals surface area contributed by atoms with E-state index in [0.29, 0.717) is 16.6 Å². The summed E-state index contributed by atoms with van der Waals surface area (Å²) in [6, 6.07) is 15.6. The van der Waals surface area contributed by atoms with E-state index in [9.17, 15) is 9.18 Å². The first kappa shape index (κ1) is 17.0. The molecule has 1 atom stereocenters. The first-order valence-electron chi connectivity index (χ1n) is 7.78. The number of nitrogens with zero attached hydrogens (tertiary/aromatic N) is 2. The van der Waals surface area contributed by atoms with Gasteiger partial charge in [0.15, 0.2) is 17.7 Å². The van der Waals surface area contributed by atoms with Gasteiger partial charge in [-0.05, 0) is 18.6 Å². The van der Waals surface area contributed by atoms with E-state index >= 15 is 0 Å². The van der Waals surface area contributed by atoms with Crippen LogP contribution in [0.25, 0.3) is 10.6 Å². The third kappa shape index (κ3) is 4.19. The van der Waals surface area contributed by atoms with Gasteiger partial charge in [0.1, 0.15) is 5.01 Å². The number of hydrogen-bond donors (Lipinski definition) is 1. The summed E-state index contributed by atoms with van der Waals surface area (Å²) >= 11 is 1.27. The van der Waals surface area contributed by atoms with Crippen molar-refractivity contribution in [1.82, 2.24) is 10.2 Å². The van der Waals surface area contributed by atoms with Crippen LogP contribution in [0, 0.1) is 5.82 Å². The predicted molar refractivity (Wildman–Crippen MR) is 95.1 cm³/mol. The Morgan fingerprint density at radius 2 is 1.88 bits per heavy atom. The molecule has 128 valence electrons. The molecular formula is C18H16FN3O2S. The zero-order valence-corrected chi connectivity index (χ0v) is 14.3. The van der Waals surface area contributed by atoms with Crippen molar-refractivity contribution in [2.75, 3.05) is 5.32 Å². The summed E-state index contributed by atoms with van der Waals surface area (Å²) in [5.74, 6) is -0.843. The second-order valence-electron chi connectivity index (χ2n) is 5.21. The molecule has 1 aromatic heterocycles. The molecule has 0 fully saturated rings. The van der Waals surface area contributed by atoms with Crippen molar-refractivity contribution in [1.29, 1.82) is 0 Å². The van der Waals surface area contributed by atoms with Crippen LogP contribution in [-0.2, 0) is 4.79 Å². The van der Waals surface area contributed by atoms with Crippen LogP contribution in [-0.4, -0.2) is 22.2 Å². The molecule has 3 aromatic rings. The lowest BCUT2D eigenvalue weighted by atomic mass is 10.2. The van der Waals surface area contributed by atoms with Gasteiger partial charge in [-0.15, -0.1) is 10.2 Å². The number of ether oxygens (including phenoxy) is 1. The molecule has 0 aliphatic heterocycles. The van der Waals surface area contributed by atoms with Gasteiger partial charge in [0.2, 0.25) is 5.13 Å². The maximum Gasteiger partial charge on any atom is 0.267 e. The van der Waals surface area contributed by atoms with Gasteiger partial charge in [-0.2, -0.15) is 0 Å². The standard InChI is InChI=1S/C18H16FN3O2S/c1-2-14(24-15-11-7-6-10-13(15)19)16(23)20-18-22-21-17(25-18)12-8-4-3-5-9-12/h3-11,14H,2H2,1H3,(H,20,22,23). The van der Waals surface area contributed by atoms with E-state index in [2.05, 4.69) is 15.5 Å². The lowest BCUT2D eigenvalue weighted by Crippen LogP contribution is -2.32. The third-order valence-electron chi connectivity index (χ3n) is 3.44. The van der Waals surface area contributed by atoms with Crippen LogP contribution in [0.5, 0.6) is 5.75 Å². The molecule has 5 nitrogen and oxygen atoms in total. The summed E-state index contributed by atoms with van der Waals surface area (Å²) in [5, 5.41) is 11.8. The van der Waals surface area contributed by atoms with Gasteiger partial charge >= 0.3 is 0 Å². The molecule has 7 heteroatoms. The number of rotatable bonds is 6. The van der Waals surface area contributed by atoms with Crippen molar-refractivity contribution in [3.63, 3.8) is 0 Å². The number of aromatic nitrogens is 2. The van der Waals surface area contributed by atoms with E-state index in [1.54, 1.807) is 19.1 Å². The number of para-hydroxylation sites is 1. The molecule has 1 unspecified atom stereocenters. The Kier molecular flexibility index (Phi) is 5.35. The lowest BCUT2D eigenvalue weighted by Gasteiger charge is -2.16. The third-order valence-corrected chi connectivity index (χ3v) is 4.33. The molecule has 1 N–H and O–H groups in total. The van der Waals surface area contributed by atoms with E-state index in [0.717, 1.165) is 5.56 Å². The average molecular weight is 357 g/mol. The summed E-state index contributed by atoms with van der Waals surface area (Å²) in [5.41, 5.74) is 0.926. The molecule has 0 aliphatic carbocycles. The molecule has 0 aliphatic rings. The minimum Gasteiger partial charge on any atom is -0.478 e. The minimum atomic E-state index is -0.819. The molecule has 3 rings (SSSR count). The zero-order chi connectivity index (χ0) is 17.6. The molecule has 0 saturated heterocycles. The first-order chi connectivity index (χ1) is 12.2. The summed E-state index contributed by atoms with van der Waals surface area (Å²) in [6.07, 6.45) is -0.425. The maximum atomic E-state index is 13.7. The maximum absolute atomic E-state index is 13.7. The average Bonchev–Trinajstić information content (AvgIpc) is 3.10. The summed E-state index contributed by atoms with van der Waals surface area (Å²) in [4.78, 5) is 12.4. The lowest BCUT2D eigenvalue weighted by molar-refractivity contribution is -0.122. The Bertz CT molecular complexity index is 854. The van der Waals surface area contributed by atoms with E-state index in [4.69, 9.17) is 4.74 Å². The monoisotopic (exact) mass is 357 g/mol. The number of nitrogens with one attached hydrogen (secondary N) is 1. The number of benzene rings is 2. The fourth-order valence-corrected chi connectivity index (χ4v) is 2.92. The van der Waals surface area contributed by atoms with Crippen LogP contribution in [0.1, 0.15) is 13.3 Å². The number of anilines is 1. The van der Waals surface area contributed by atoms with Crippen LogP contribution in [0.3, 0.4) is 0 Å². The van der Waals surface area contributed by atoms with Crippen molar-refractivity contribution in [3.8, 4) is 16.3 Å². The summed E-state index contributed by atoms with van der Waals surface area (Å²) < 4.78 is 19.2. The Labute approximate surface area is 148 Å². The fraction of sp³-hybridized carbons (Fsp3) is 0.167. The van der Waals surface area contributed by atoms with Gasteiger partial charge in [0.25, 0.3) is 5.91 Å². The highest BCUT2D eigenvalue weighted by Gasteiger charge is 2.21. The highest BCUT2D eigenvalue weighted by molar-refractivity contribution is 7.18. The van der Waals surface area contributed by atoms with Crippen LogP contribution < -0.4 is 10.1 Å². The molecule has 25 heavy (non-hydrogen) atoms. The number of carbonyl (C=O) groups is 1. The molecule has 0 saturated carbocycles. The predicted octanol–water partition coefficient (Wildman–Crippen LogP) is 4.14. The molecule has 1 heterocycles. The summed E-state index contributed by atoms with van der Waals surface area (Å²) in [7, 11) is 0. The minimum absolute atomic E-state index is 0.0479. The van der Waals surface area contributed by atoms with Crippen molar-refractivity contribution in [2.24, 2.45) is 0 Å². The van der Waals surface area contributed by atoms with Gasteiger partial charge in [0.05, 0.1) is 0 Å². The quantitative estimate of drug-likeness (QED) is 0.720. The van der Waals surface area contributed by atoms with E-state index in [-0.39, 0.29) is 11.7 Å². The van der Waals surface area contributed by atoms with Gasteiger partial charge in [-0.25, -0.2) is 4.39 Å². The van der Waals surface area contributed by atoms with Crippen molar-refractivity contribution in [2.45, 2.75) is 19.4 Å². The number of halogens is 1. The SMILES string of the molecule is CCC(Oc1ccccc1F)C(=O)Nc1nnc(-c2ccccc2)s1. The number of hydrogen-bond acceptors (Lipinski definition) is 5. The first-order valence-corrected chi connectivity index (χ1v) is 8.60. The van der Waals surface area contributed by atoms with E-state index in [1.165, 1.54) is 23.5 Å².